The van der Waals surface area contributed by atoms with Gasteiger partial charge in [-0.2, -0.15) is 17.9 Å². The molecule has 0 aromatic heterocycles. The molecule has 0 amide bonds. The molecule has 0 saturated carbocycles. The van der Waals surface area contributed by atoms with E-state index in [1.54, 1.807) is 0 Å². The number of rotatable bonds is 10. The van der Waals surface area contributed by atoms with Crippen LogP contribution < -0.4 is 0 Å². The second-order valence-electron chi connectivity index (χ2n) is 3.77. The molecular weight excluding hydrogens is 212 g/mol. The van der Waals surface area contributed by atoms with Gasteiger partial charge in [-0.3, -0.25) is 0 Å². The Hall–Kier alpha value is -0.220. The van der Waals surface area contributed by atoms with E-state index in [9.17, 15) is 4.79 Å². The van der Waals surface area contributed by atoms with Crippen LogP contribution in [0.15, 0.2) is 0 Å². The van der Waals surface area contributed by atoms with Crippen LogP contribution in [0.5, 0.6) is 0 Å². The number of hydrogen-bond acceptors (Lipinski definition) is 4. The summed E-state index contributed by atoms with van der Waals surface area (Å²) < 4.78 is 0. The molecule has 0 rings (SSSR count). The van der Waals surface area contributed by atoms with E-state index in [0.717, 1.165) is 18.6 Å². The number of unbranched alkanes of at least 4 members (excludes halogenated alkanes) is 7. The fourth-order valence-electron chi connectivity index (χ4n) is 1.49. The lowest BCUT2D eigenvalue weighted by molar-refractivity contribution is -0.234. The lowest BCUT2D eigenvalue weighted by atomic mass is 10.1. The average Bonchev–Trinajstić information content (AvgIpc) is 2.26. The van der Waals surface area contributed by atoms with Crippen molar-refractivity contribution in [3.05, 3.63) is 0 Å². The summed E-state index contributed by atoms with van der Waals surface area (Å²) >= 11 is 4.16. The lowest BCUT2D eigenvalue weighted by Gasteiger charge is -2.00. The molecule has 15 heavy (non-hydrogen) atoms. The summed E-state index contributed by atoms with van der Waals surface area (Å²) in [5, 5.41) is 8.00. The average molecular weight is 234 g/mol. The van der Waals surface area contributed by atoms with Gasteiger partial charge in [0.15, 0.2) is 0 Å². The Balaban J connectivity index is 2.95. The number of thiol groups is 1. The van der Waals surface area contributed by atoms with E-state index in [4.69, 9.17) is 5.26 Å². The van der Waals surface area contributed by atoms with Gasteiger partial charge in [-0.1, -0.05) is 38.5 Å². The molecule has 0 aromatic rings. The van der Waals surface area contributed by atoms with Crippen molar-refractivity contribution in [2.45, 2.75) is 57.8 Å². The second kappa shape index (κ2) is 11.9. The third-order valence-corrected chi connectivity index (χ3v) is 2.71. The van der Waals surface area contributed by atoms with Crippen LogP contribution in [-0.2, 0) is 9.68 Å². The van der Waals surface area contributed by atoms with Gasteiger partial charge in [0.05, 0.1) is 0 Å². The van der Waals surface area contributed by atoms with Gasteiger partial charge in [0.1, 0.15) is 0 Å². The third-order valence-electron chi connectivity index (χ3n) is 2.39. The van der Waals surface area contributed by atoms with Crippen molar-refractivity contribution in [3.63, 3.8) is 0 Å². The molecule has 3 nitrogen and oxygen atoms in total. The molecule has 90 valence electrons. The van der Waals surface area contributed by atoms with E-state index in [2.05, 4.69) is 17.5 Å². The van der Waals surface area contributed by atoms with Crippen molar-refractivity contribution in [1.29, 1.82) is 0 Å². The summed E-state index contributed by atoms with van der Waals surface area (Å²) in [5.41, 5.74) is 0. The number of hydrogen-bond donors (Lipinski definition) is 2. The first-order valence-electron chi connectivity index (χ1n) is 5.76. The van der Waals surface area contributed by atoms with E-state index >= 15 is 0 Å². The van der Waals surface area contributed by atoms with Gasteiger partial charge in [-0.05, 0) is 18.6 Å². The quantitative estimate of drug-likeness (QED) is 0.263. The molecule has 0 heterocycles. The first kappa shape index (κ1) is 14.8. The minimum atomic E-state index is -0.524. The van der Waals surface area contributed by atoms with E-state index < -0.39 is 5.97 Å². The van der Waals surface area contributed by atoms with Gasteiger partial charge >= 0.3 is 5.97 Å². The Bertz CT molecular complexity index is 151. The molecule has 0 aliphatic heterocycles. The van der Waals surface area contributed by atoms with Gasteiger partial charge in [-0.25, -0.2) is 4.79 Å². The highest BCUT2D eigenvalue weighted by molar-refractivity contribution is 7.80. The van der Waals surface area contributed by atoms with Gasteiger partial charge in [0, 0.05) is 6.42 Å². The van der Waals surface area contributed by atoms with Crippen LogP contribution in [0, 0.1) is 0 Å². The van der Waals surface area contributed by atoms with Crippen molar-refractivity contribution in [2.24, 2.45) is 0 Å². The molecule has 0 unspecified atom stereocenters. The maximum atomic E-state index is 10.5. The minimum Gasteiger partial charge on any atom is -0.301 e. The van der Waals surface area contributed by atoms with Crippen LogP contribution in [0.4, 0.5) is 0 Å². The lowest BCUT2D eigenvalue weighted by Crippen LogP contribution is -1.99. The molecule has 4 heteroatoms. The van der Waals surface area contributed by atoms with Crippen molar-refractivity contribution < 1.29 is 14.9 Å². The topological polar surface area (TPSA) is 46.5 Å². The summed E-state index contributed by atoms with van der Waals surface area (Å²) in [6.07, 6.45) is 9.65. The molecule has 1 N–H and O–H groups in total. The van der Waals surface area contributed by atoms with E-state index in [1.165, 1.54) is 38.5 Å². The van der Waals surface area contributed by atoms with Crippen LogP contribution >= 0.6 is 12.6 Å². The van der Waals surface area contributed by atoms with Crippen LogP contribution in [0.2, 0.25) is 0 Å². The van der Waals surface area contributed by atoms with Crippen molar-refractivity contribution >= 4 is 18.6 Å². The first-order valence-corrected chi connectivity index (χ1v) is 6.39. The maximum absolute atomic E-state index is 10.5. The van der Waals surface area contributed by atoms with E-state index in [1.807, 2.05) is 0 Å². The maximum Gasteiger partial charge on any atom is 0.342 e. The summed E-state index contributed by atoms with van der Waals surface area (Å²) in [6, 6.07) is 0. The minimum absolute atomic E-state index is 0.330. The number of carbonyl (C=O) groups is 1. The molecule has 0 aliphatic rings. The molecule has 0 radical (unpaired) electrons. The van der Waals surface area contributed by atoms with Crippen LogP contribution in [-0.4, -0.2) is 17.0 Å². The highest BCUT2D eigenvalue weighted by atomic mass is 32.1. The Morgan fingerprint density at radius 1 is 0.933 bits per heavy atom. The monoisotopic (exact) mass is 234 g/mol. The van der Waals surface area contributed by atoms with Gasteiger partial charge in [0.25, 0.3) is 0 Å². The summed E-state index contributed by atoms with van der Waals surface area (Å²) in [6.45, 7) is 0. The normalized spacial score (nSPS) is 10.3. The van der Waals surface area contributed by atoms with E-state index in [0.29, 0.717) is 6.42 Å². The van der Waals surface area contributed by atoms with Crippen LogP contribution in [0.25, 0.3) is 0 Å². The second-order valence-corrected chi connectivity index (χ2v) is 4.21. The fraction of sp³-hybridized carbons (Fsp3) is 0.909. The molecule has 0 fully saturated rings. The van der Waals surface area contributed by atoms with Gasteiger partial charge in [-0.15, -0.1) is 0 Å². The Morgan fingerprint density at radius 3 is 1.87 bits per heavy atom. The predicted octanol–water partition coefficient (Wildman–Crippen LogP) is 3.44. The smallest absolute Gasteiger partial charge is 0.301 e. The van der Waals surface area contributed by atoms with Crippen molar-refractivity contribution in [3.8, 4) is 0 Å². The summed E-state index contributed by atoms with van der Waals surface area (Å²) in [5.74, 6) is 0.465. The summed E-state index contributed by atoms with van der Waals surface area (Å²) in [4.78, 5) is 14.1. The number of carbonyl (C=O) groups excluding carboxylic acids is 1. The fourth-order valence-corrected chi connectivity index (χ4v) is 1.71. The molecule has 0 bridgehead atoms. The van der Waals surface area contributed by atoms with Gasteiger partial charge < -0.3 is 4.89 Å². The standard InChI is InChI=1S/C11H22O3S/c12-11(14-13)9-7-5-3-1-2-4-6-8-10-15/h13,15H,1-10H2. The zero-order chi connectivity index (χ0) is 11.4. The first-order chi connectivity index (χ1) is 7.31. The largest absolute Gasteiger partial charge is 0.342 e. The van der Waals surface area contributed by atoms with Crippen molar-refractivity contribution in [1.82, 2.24) is 0 Å². The molecule has 0 aromatic carbocycles. The van der Waals surface area contributed by atoms with Gasteiger partial charge in [0.2, 0.25) is 0 Å². The SMILES string of the molecule is O=C(CCCCCCCCCCS)OO. The highest BCUT2D eigenvalue weighted by Crippen LogP contribution is 2.10. The molecule has 0 aliphatic carbocycles. The Morgan fingerprint density at radius 2 is 1.40 bits per heavy atom. The van der Waals surface area contributed by atoms with Crippen molar-refractivity contribution in [2.75, 3.05) is 5.75 Å². The zero-order valence-electron chi connectivity index (χ0n) is 9.28. The molecule has 0 saturated heterocycles. The Kier molecular flexibility index (Phi) is 11.7. The summed E-state index contributed by atoms with van der Waals surface area (Å²) in [7, 11) is 0. The highest BCUT2D eigenvalue weighted by Gasteiger charge is 2.00. The molecular formula is C11H22O3S. The molecule has 0 atom stereocenters. The van der Waals surface area contributed by atoms with Crippen LogP contribution in [0.3, 0.4) is 0 Å². The van der Waals surface area contributed by atoms with Crippen LogP contribution in [0.1, 0.15) is 57.8 Å². The molecule has 0 spiro atoms. The zero-order valence-corrected chi connectivity index (χ0v) is 10.2. The van der Waals surface area contributed by atoms with E-state index in [-0.39, 0.29) is 0 Å². The third kappa shape index (κ3) is 11.7. The predicted molar refractivity (Wildman–Crippen MR) is 64.1 cm³/mol. The Labute approximate surface area is 97.5 Å².